The molecule has 4 nitrogen and oxygen atoms in total. The number of anilines is 1. The number of halogens is 3. The second-order valence-corrected chi connectivity index (χ2v) is 7.53. The number of hydrogen-bond donors (Lipinski definition) is 1. The highest BCUT2D eigenvalue weighted by Gasteiger charge is 2.28. The van der Waals surface area contributed by atoms with Gasteiger partial charge in [0, 0.05) is 45.3 Å². The molecule has 0 saturated carbocycles. The summed E-state index contributed by atoms with van der Waals surface area (Å²) < 4.78 is 0. The standard InChI is InChI=1S/C19H17Cl3N2O2/c20-14-3-1-13(2-4-14)19(26)24-7-5-12(6-8-24)18(25)23-17-10-15(21)9-16(22)11-17/h1-4,9-12H,5-8H2,(H,23,25). The summed E-state index contributed by atoms with van der Waals surface area (Å²) in [7, 11) is 0. The van der Waals surface area contributed by atoms with Gasteiger partial charge in [-0.3, -0.25) is 9.59 Å². The van der Waals surface area contributed by atoms with Crippen LogP contribution >= 0.6 is 34.8 Å². The molecular formula is C19H17Cl3N2O2. The van der Waals surface area contributed by atoms with Crippen LogP contribution < -0.4 is 5.32 Å². The summed E-state index contributed by atoms with van der Waals surface area (Å²) in [6, 6.07) is 11.8. The molecule has 3 rings (SSSR count). The van der Waals surface area contributed by atoms with Gasteiger partial charge in [0.1, 0.15) is 0 Å². The summed E-state index contributed by atoms with van der Waals surface area (Å²) in [6.07, 6.45) is 1.22. The van der Waals surface area contributed by atoms with Crippen molar-refractivity contribution in [1.82, 2.24) is 4.90 Å². The first-order chi connectivity index (χ1) is 12.4. The van der Waals surface area contributed by atoms with E-state index in [0.29, 0.717) is 52.2 Å². The number of carbonyl (C=O) groups is 2. The molecule has 1 aliphatic heterocycles. The molecule has 2 amide bonds. The Morgan fingerprint density at radius 2 is 1.46 bits per heavy atom. The summed E-state index contributed by atoms with van der Waals surface area (Å²) in [5, 5.41) is 4.38. The quantitative estimate of drug-likeness (QED) is 0.760. The fourth-order valence-corrected chi connectivity index (χ4v) is 3.64. The average molecular weight is 412 g/mol. The Morgan fingerprint density at radius 1 is 0.885 bits per heavy atom. The highest BCUT2D eigenvalue weighted by Crippen LogP contribution is 2.25. The maximum atomic E-state index is 12.5. The molecule has 1 aliphatic rings. The third kappa shape index (κ3) is 4.70. The summed E-state index contributed by atoms with van der Waals surface area (Å²) in [4.78, 5) is 26.7. The number of benzene rings is 2. The first kappa shape index (κ1) is 19.0. The fourth-order valence-electron chi connectivity index (χ4n) is 2.99. The average Bonchev–Trinajstić information content (AvgIpc) is 2.61. The molecule has 1 fully saturated rings. The molecule has 1 heterocycles. The van der Waals surface area contributed by atoms with Gasteiger partial charge in [0.15, 0.2) is 0 Å². The van der Waals surface area contributed by atoms with E-state index >= 15 is 0 Å². The molecule has 136 valence electrons. The Balaban J connectivity index is 1.56. The van der Waals surface area contributed by atoms with Gasteiger partial charge in [-0.2, -0.15) is 0 Å². The number of rotatable bonds is 3. The molecule has 26 heavy (non-hydrogen) atoms. The van der Waals surface area contributed by atoms with Gasteiger partial charge < -0.3 is 10.2 Å². The first-order valence-corrected chi connectivity index (χ1v) is 9.37. The number of piperidine rings is 1. The van der Waals surface area contributed by atoms with E-state index < -0.39 is 0 Å². The Hall–Kier alpha value is -1.75. The van der Waals surface area contributed by atoms with Crippen LogP contribution in [0.2, 0.25) is 15.1 Å². The van der Waals surface area contributed by atoms with Gasteiger partial charge in [0.2, 0.25) is 5.91 Å². The number of carbonyl (C=O) groups excluding carboxylic acids is 2. The van der Waals surface area contributed by atoms with Crippen molar-refractivity contribution in [3.05, 3.63) is 63.1 Å². The Bertz CT molecular complexity index is 796. The van der Waals surface area contributed by atoms with Crippen LogP contribution in [0, 0.1) is 5.92 Å². The van der Waals surface area contributed by atoms with Gasteiger partial charge in [-0.05, 0) is 55.3 Å². The van der Waals surface area contributed by atoms with Crippen molar-refractivity contribution in [2.45, 2.75) is 12.8 Å². The molecule has 0 radical (unpaired) electrons. The zero-order valence-corrected chi connectivity index (χ0v) is 16.1. The Labute approximate surface area is 167 Å². The zero-order chi connectivity index (χ0) is 18.7. The van der Waals surface area contributed by atoms with Crippen LogP contribution in [0.15, 0.2) is 42.5 Å². The van der Waals surface area contributed by atoms with Crippen molar-refractivity contribution >= 4 is 52.3 Å². The van der Waals surface area contributed by atoms with Gasteiger partial charge in [-0.25, -0.2) is 0 Å². The largest absolute Gasteiger partial charge is 0.339 e. The second kappa shape index (κ2) is 8.30. The minimum Gasteiger partial charge on any atom is -0.339 e. The van der Waals surface area contributed by atoms with Crippen LogP contribution in [-0.2, 0) is 4.79 Å². The number of nitrogens with one attached hydrogen (secondary N) is 1. The van der Waals surface area contributed by atoms with E-state index in [2.05, 4.69) is 5.32 Å². The molecule has 2 aromatic rings. The van der Waals surface area contributed by atoms with Gasteiger partial charge in [0.05, 0.1) is 0 Å². The van der Waals surface area contributed by atoms with Crippen molar-refractivity contribution in [2.24, 2.45) is 5.92 Å². The summed E-state index contributed by atoms with van der Waals surface area (Å²) in [5.41, 5.74) is 1.18. The van der Waals surface area contributed by atoms with E-state index in [1.807, 2.05) is 0 Å². The van der Waals surface area contributed by atoms with E-state index in [1.54, 1.807) is 47.4 Å². The van der Waals surface area contributed by atoms with Crippen LogP contribution in [0.5, 0.6) is 0 Å². The minimum absolute atomic E-state index is 0.0397. The lowest BCUT2D eigenvalue weighted by Gasteiger charge is -2.31. The topological polar surface area (TPSA) is 49.4 Å². The molecule has 0 bridgehead atoms. The van der Waals surface area contributed by atoms with Crippen LogP contribution in [0.1, 0.15) is 23.2 Å². The highest BCUT2D eigenvalue weighted by molar-refractivity contribution is 6.35. The molecule has 0 spiro atoms. The number of amides is 2. The molecule has 1 saturated heterocycles. The molecule has 0 unspecified atom stereocenters. The summed E-state index contributed by atoms with van der Waals surface area (Å²) >= 11 is 17.8. The predicted octanol–water partition coefficient (Wildman–Crippen LogP) is 5.14. The second-order valence-electron chi connectivity index (χ2n) is 6.22. The van der Waals surface area contributed by atoms with Crippen molar-refractivity contribution in [1.29, 1.82) is 0 Å². The lowest BCUT2D eigenvalue weighted by molar-refractivity contribution is -0.121. The highest BCUT2D eigenvalue weighted by atomic mass is 35.5. The number of hydrogen-bond acceptors (Lipinski definition) is 2. The predicted molar refractivity (Wildman–Crippen MR) is 105 cm³/mol. The lowest BCUT2D eigenvalue weighted by atomic mass is 9.95. The third-order valence-electron chi connectivity index (χ3n) is 4.37. The van der Waals surface area contributed by atoms with E-state index in [4.69, 9.17) is 34.8 Å². The van der Waals surface area contributed by atoms with Crippen molar-refractivity contribution in [3.8, 4) is 0 Å². The SMILES string of the molecule is O=C(Nc1cc(Cl)cc(Cl)c1)C1CCN(C(=O)c2ccc(Cl)cc2)CC1. The summed E-state index contributed by atoms with van der Waals surface area (Å²) in [6.45, 7) is 1.08. The van der Waals surface area contributed by atoms with Crippen molar-refractivity contribution in [3.63, 3.8) is 0 Å². The third-order valence-corrected chi connectivity index (χ3v) is 5.06. The van der Waals surface area contributed by atoms with Gasteiger partial charge in [-0.15, -0.1) is 0 Å². The maximum Gasteiger partial charge on any atom is 0.253 e. The molecule has 7 heteroatoms. The van der Waals surface area contributed by atoms with Gasteiger partial charge in [-0.1, -0.05) is 34.8 Å². The van der Waals surface area contributed by atoms with E-state index in [9.17, 15) is 9.59 Å². The molecule has 0 atom stereocenters. The molecule has 0 aliphatic carbocycles. The van der Waals surface area contributed by atoms with Crippen LogP contribution in [-0.4, -0.2) is 29.8 Å². The molecule has 0 aromatic heterocycles. The molecule has 1 N–H and O–H groups in total. The minimum atomic E-state index is -0.151. The van der Waals surface area contributed by atoms with Crippen LogP contribution in [0.3, 0.4) is 0 Å². The van der Waals surface area contributed by atoms with Gasteiger partial charge >= 0.3 is 0 Å². The van der Waals surface area contributed by atoms with Crippen molar-refractivity contribution in [2.75, 3.05) is 18.4 Å². The monoisotopic (exact) mass is 410 g/mol. The van der Waals surface area contributed by atoms with E-state index in [1.165, 1.54) is 0 Å². The van der Waals surface area contributed by atoms with E-state index in [0.717, 1.165) is 0 Å². The van der Waals surface area contributed by atoms with Gasteiger partial charge in [0.25, 0.3) is 5.91 Å². The van der Waals surface area contributed by atoms with Crippen LogP contribution in [0.4, 0.5) is 5.69 Å². The molecule has 2 aromatic carbocycles. The number of likely N-dealkylation sites (tertiary alicyclic amines) is 1. The molecular weight excluding hydrogens is 395 g/mol. The normalized spacial score (nSPS) is 15.0. The smallest absolute Gasteiger partial charge is 0.253 e. The lowest BCUT2D eigenvalue weighted by Crippen LogP contribution is -2.41. The first-order valence-electron chi connectivity index (χ1n) is 8.24. The number of nitrogens with zero attached hydrogens (tertiary/aromatic N) is 1. The van der Waals surface area contributed by atoms with E-state index in [-0.39, 0.29) is 17.7 Å². The van der Waals surface area contributed by atoms with Crippen molar-refractivity contribution < 1.29 is 9.59 Å². The Morgan fingerprint density at radius 3 is 2.04 bits per heavy atom. The summed E-state index contributed by atoms with van der Waals surface area (Å²) in [5.74, 6) is -0.272. The zero-order valence-electron chi connectivity index (χ0n) is 13.8. The Kier molecular flexibility index (Phi) is 6.07. The van der Waals surface area contributed by atoms with Crippen LogP contribution in [0.25, 0.3) is 0 Å². The maximum absolute atomic E-state index is 12.5. The fraction of sp³-hybridized carbons (Fsp3) is 0.263.